The minimum atomic E-state index is -0.163. The third-order valence-corrected chi connectivity index (χ3v) is 3.80. The number of hydrogen-bond donors (Lipinski definition) is 1. The molecule has 5 heteroatoms. The predicted molar refractivity (Wildman–Crippen MR) is 82.2 cm³/mol. The number of nitrogens with zero attached hydrogens (tertiary/aromatic N) is 1. The van der Waals surface area contributed by atoms with Gasteiger partial charge in [-0.1, -0.05) is 6.07 Å². The molecule has 1 fully saturated rings. The van der Waals surface area contributed by atoms with Crippen LogP contribution >= 0.6 is 0 Å². The number of methoxy groups -OCH3 is 1. The van der Waals surface area contributed by atoms with Crippen molar-refractivity contribution < 1.29 is 13.9 Å². The van der Waals surface area contributed by atoms with E-state index in [1.54, 1.807) is 13.2 Å². The Morgan fingerprint density at radius 1 is 1.43 bits per heavy atom. The molecule has 0 aliphatic carbocycles. The lowest BCUT2D eigenvalue weighted by Crippen LogP contribution is -2.48. The average Bonchev–Trinajstić information content (AvgIpc) is 2.47. The molecule has 0 spiro atoms. The van der Waals surface area contributed by atoms with Crippen molar-refractivity contribution >= 4 is 5.69 Å². The first-order valence-electron chi connectivity index (χ1n) is 7.48. The molecule has 4 nitrogen and oxygen atoms in total. The van der Waals surface area contributed by atoms with Gasteiger partial charge in [-0.3, -0.25) is 0 Å². The summed E-state index contributed by atoms with van der Waals surface area (Å²) in [5.41, 5.74) is 1.68. The number of morpholine rings is 1. The second-order valence-electron chi connectivity index (χ2n) is 5.55. The molecule has 0 saturated carbocycles. The number of ether oxygens (including phenoxy) is 2. The summed E-state index contributed by atoms with van der Waals surface area (Å²) in [5.74, 6) is -0.163. The minimum absolute atomic E-state index is 0.163. The number of anilines is 1. The van der Waals surface area contributed by atoms with Gasteiger partial charge in [-0.05, 0) is 26.0 Å². The summed E-state index contributed by atoms with van der Waals surface area (Å²) in [6.07, 6.45) is 0.166. The molecule has 118 valence electrons. The van der Waals surface area contributed by atoms with Gasteiger partial charge in [0.05, 0.1) is 19.3 Å². The number of nitrogens with one attached hydrogen (secondary N) is 1. The maximum Gasteiger partial charge on any atom is 0.129 e. The van der Waals surface area contributed by atoms with Gasteiger partial charge in [-0.2, -0.15) is 0 Å². The fraction of sp³-hybridized carbons (Fsp3) is 0.625. The minimum Gasteiger partial charge on any atom is -0.383 e. The first kappa shape index (κ1) is 16.2. The van der Waals surface area contributed by atoms with Crippen LogP contribution in [0.25, 0.3) is 0 Å². The quantitative estimate of drug-likeness (QED) is 0.816. The van der Waals surface area contributed by atoms with Crippen LogP contribution in [0.5, 0.6) is 0 Å². The van der Waals surface area contributed by atoms with Crippen molar-refractivity contribution in [3.05, 3.63) is 29.6 Å². The first-order valence-corrected chi connectivity index (χ1v) is 7.48. The van der Waals surface area contributed by atoms with Crippen LogP contribution in [-0.2, 0) is 16.0 Å². The molecule has 0 amide bonds. The SMILES string of the molecule is COCCNCc1c(F)cccc1N1CC(C)OCC1C. The molecule has 1 saturated heterocycles. The van der Waals surface area contributed by atoms with Crippen LogP contribution in [0.1, 0.15) is 19.4 Å². The maximum atomic E-state index is 14.2. The molecule has 1 N–H and O–H groups in total. The highest BCUT2D eigenvalue weighted by Gasteiger charge is 2.26. The molecule has 0 bridgehead atoms. The lowest BCUT2D eigenvalue weighted by Gasteiger charge is -2.39. The van der Waals surface area contributed by atoms with Crippen molar-refractivity contribution in [2.24, 2.45) is 0 Å². The van der Waals surface area contributed by atoms with Crippen LogP contribution in [0, 0.1) is 5.82 Å². The zero-order chi connectivity index (χ0) is 15.2. The highest BCUT2D eigenvalue weighted by atomic mass is 19.1. The van der Waals surface area contributed by atoms with Gasteiger partial charge in [0.15, 0.2) is 0 Å². The number of rotatable bonds is 6. The predicted octanol–water partition coefficient (Wildman–Crippen LogP) is 2.18. The van der Waals surface area contributed by atoms with Crippen LogP contribution in [0.2, 0.25) is 0 Å². The van der Waals surface area contributed by atoms with E-state index in [0.29, 0.717) is 26.3 Å². The molecule has 2 unspecified atom stereocenters. The van der Waals surface area contributed by atoms with Crippen molar-refractivity contribution in [1.82, 2.24) is 5.32 Å². The standard InChI is InChI=1S/C16H25FN2O2/c1-12-11-21-13(2)10-19(12)16-6-4-5-15(17)14(16)9-18-7-8-20-3/h4-6,12-13,18H,7-11H2,1-3H3. The Hall–Kier alpha value is -1.17. The Bertz CT molecular complexity index is 456. The monoisotopic (exact) mass is 296 g/mol. The molecule has 0 radical (unpaired) electrons. The van der Waals surface area contributed by atoms with Gasteiger partial charge in [-0.25, -0.2) is 4.39 Å². The molecule has 2 atom stereocenters. The zero-order valence-electron chi connectivity index (χ0n) is 13.1. The highest BCUT2D eigenvalue weighted by molar-refractivity contribution is 5.55. The fourth-order valence-corrected chi connectivity index (χ4v) is 2.62. The van der Waals surface area contributed by atoms with Gasteiger partial charge >= 0.3 is 0 Å². The van der Waals surface area contributed by atoms with E-state index in [1.165, 1.54) is 6.07 Å². The first-order chi connectivity index (χ1) is 10.1. The lowest BCUT2D eigenvalue weighted by molar-refractivity contribution is 0.0343. The van der Waals surface area contributed by atoms with Crippen LogP contribution < -0.4 is 10.2 Å². The maximum absolute atomic E-state index is 14.2. The van der Waals surface area contributed by atoms with Crippen LogP contribution in [0.4, 0.5) is 10.1 Å². The molecular weight excluding hydrogens is 271 g/mol. The summed E-state index contributed by atoms with van der Waals surface area (Å²) in [6, 6.07) is 5.53. The molecule has 0 aromatic heterocycles. The third kappa shape index (κ3) is 4.15. The van der Waals surface area contributed by atoms with E-state index < -0.39 is 0 Å². The zero-order valence-corrected chi connectivity index (χ0v) is 13.1. The van der Waals surface area contributed by atoms with Gasteiger partial charge in [0.2, 0.25) is 0 Å². The van der Waals surface area contributed by atoms with Gasteiger partial charge in [0.25, 0.3) is 0 Å². The lowest BCUT2D eigenvalue weighted by atomic mass is 10.1. The van der Waals surface area contributed by atoms with Crippen molar-refractivity contribution in [2.75, 3.05) is 38.3 Å². The second kappa shape index (κ2) is 7.73. The largest absolute Gasteiger partial charge is 0.383 e. The van der Waals surface area contributed by atoms with Gasteiger partial charge in [0.1, 0.15) is 5.82 Å². The van der Waals surface area contributed by atoms with Crippen LogP contribution in [0.15, 0.2) is 18.2 Å². The van der Waals surface area contributed by atoms with E-state index >= 15 is 0 Å². The van der Waals surface area contributed by atoms with E-state index in [4.69, 9.17) is 9.47 Å². The normalized spacial score (nSPS) is 22.6. The Labute approximate surface area is 126 Å². The third-order valence-electron chi connectivity index (χ3n) is 3.80. The van der Waals surface area contributed by atoms with Crippen LogP contribution in [0.3, 0.4) is 0 Å². The van der Waals surface area contributed by atoms with Crippen molar-refractivity contribution in [3.8, 4) is 0 Å². The molecule has 1 aromatic carbocycles. The van der Waals surface area contributed by atoms with E-state index in [0.717, 1.165) is 17.8 Å². The van der Waals surface area contributed by atoms with Gasteiger partial charge < -0.3 is 19.7 Å². The van der Waals surface area contributed by atoms with Crippen molar-refractivity contribution in [2.45, 2.75) is 32.5 Å². The second-order valence-corrected chi connectivity index (χ2v) is 5.55. The van der Waals surface area contributed by atoms with Crippen molar-refractivity contribution in [1.29, 1.82) is 0 Å². The number of halogens is 1. The molecule has 1 aliphatic rings. The Balaban J connectivity index is 2.15. The molecular formula is C16H25FN2O2. The van der Waals surface area contributed by atoms with E-state index in [9.17, 15) is 4.39 Å². The topological polar surface area (TPSA) is 33.7 Å². The Kier molecular flexibility index (Phi) is 5.96. The summed E-state index contributed by atoms with van der Waals surface area (Å²) < 4.78 is 24.9. The molecule has 1 aliphatic heterocycles. The average molecular weight is 296 g/mol. The Morgan fingerprint density at radius 2 is 2.24 bits per heavy atom. The van der Waals surface area contributed by atoms with Crippen LogP contribution in [-0.4, -0.2) is 45.6 Å². The summed E-state index contributed by atoms with van der Waals surface area (Å²) in [4.78, 5) is 2.24. The molecule has 1 heterocycles. The van der Waals surface area contributed by atoms with E-state index in [2.05, 4.69) is 24.1 Å². The number of benzene rings is 1. The van der Waals surface area contributed by atoms with Gasteiger partial charge in [-0.15, -0.1) is 0 Å². The number of hydrogen-bond acceptors (Lipinski definition) is 4. The smallest absolute Gasteiger partial charge is 0.129 e. The summed E-state index contributed by atoms with van der Waals surface area (Å²) in [5, 5.41) is 3.23. The molecule has 2 rings (SSSR count). The summed E-state index contributed by atoms with van der Waals surface area (Å²) >= 11 is 0. The summed E-state index contributed by atoms with van der Waals surface area (Å²) in [6.45, 7) is 7.45. The van der Waals surface area contributed by atoms with Gasteiger partial charge in [0, 0.05) is 44.0 Å². The fourth-order valence-electron chi connectivity index (χ4n) is 2.62. The van der Waals surface area contributed by atoms with E-state index in [1.807, 2.05) is 6.07 Å². The summed E-state index contributed by atoms with van der Waals surface area (Å²) in [7, 11) is 1.66. The van der Waals surface area contributed by atoms with E-state index in [-0.39, 0.29) is 18.0 Å². The van der Waals surface area contributed by atoms with Crippen molar-refractivity contribution in [3.63, 3.8) is 0 Å². The molecule has 1 aromatic rings. The highest BCUT2D eigenvalue weighted by Crippen LogP contribution is 2.27. The molecule has 21 heavy (non-hydrogen) atoms. The Morgan fingerprint density at radius 3 is 3.00 bits per heavy atom.